The molecule has 0 bridgehead atoms. The molecule has 178 valence electrons. The first-order valence-corrected chi connectivity index (χ1v) is 12.9. The molecule has 38 heavy (non-hydrogen) atoms. The van der Waals surface area contributed by atoms with Gasteiger partial charge in [0.1, 0.15) is 6.07 Å². The lowest BCUT2D eigenvalue weighted by atomic mass is 9.94. The summed E-state index contributed by atoms with van der Waals surface area (Å²) < 4.78 is 0. The van der Waals surface area contributed by atoms with Gasteiger partial charge in [0, 0.05) is 11.4 Å². The average Bonchev–Trinajstić information content (AvgIpc) is 3.30. The molecule has 6 aromatic rings. The molecule has 0 amide bonds. The van der Waals surface area contributed by atoms with E-state index in [-0.39, 0.29) is 0 Å². The minimum Gasteiger partial charge on any atom is -0.309 e. The van der Waals surface area contributed by atoms with Crippen molar-refractivity contribution in [2.45, 2.75) is 6.92 Å². The van der Waals surface area contributed by atoms with Crippen LogP contribution in [0.3, 0.4) is 0 Å². The molecule has 0 spiro atoms. The maximum Gasteiger partial charge on any atom is 0.101 e. The number of nitriles is 1. The molecule has 0 unspecified atom stereocenters. The van der Waals surface area contributed by atoms with Crippen molar-refractivity contribution in [2.24, 2.45) is 0 Å². The van der Waals surface area contributed by atoms with Crippen molar-refractivity contribution in [1.82, 2.24) is 0 Å². The van der Waals surface area contributed by atoms with Gasteiger partial charge in [-0.2, -0.15) is 5.26 Å². The predicted octanol–water partition coefficient (Wildman–Crippen LogP) is 9.80. The van der Waals surface area contributed by atoms with Crippen LogP contribution in [0.2, 0.25) is 0 Å². The van der Waals surface area contributed by atoms with Crippen LogP contribution in [0.1, 0.15) is 11.1 Å². The largest absolute Gasteiger partial charge is 0.309 e. The smallest absolute Gasteiger partial charge is 0.101 e. The highest BCUT2D eigenvalue weighted by Gasteiger charge is 2.23. The van der Waals surface area contributed by atoms with Crippen LogP contribution < -0.4 is 4.90 Å². The Morgan fingerprint density at radius 2 is 1.18 bits per heavy atom. The minimum atomic E-state index is 0.643. The zero-order valence-electron chi connectivity index (χ0n) is 21.0. The van der Waals surface area contributed by atoms with Crippen molar-refractivity contribution in [3.05, 3.63) is 139 Å². The summed E-state index contributed by atoms with van der Waals surface area (Å²) in [4.78, 5) is 2.20. The first-order valence-electron chi connectivity index (χ1n) is 12.9. The third kappa shape index (κ3) is 3.34. The van der Waals surface area contributed by atoms with Crippen molar-refractivity contribution in [3.8, 4) is 39.4 Å². The van der Waals surface area contributed by atoms with Crippen LogP contribution in [0, 0.1) is 18.3 Å². The van der Waals surface area contributed by atoms with Gasteiger partial charge in [-0.05, 0) is 87.0 Å². The molecular weight excluding hydrogens is 460 g/mol. The summed E-state index contributed by atoms with van der Waals surface area (Å²) in [6.45, 7) is 2.11. The Bertz CT molecular complexity index is 1880. The second-order valence-corrected chi connectivity index (χ2v) is 9.74. The van der Waals surface area contributed by atoms with E-state index in [9.17, 15) is 5.26 Å². The van der Waals surface area contributed by atoms with Crippen LogP contribution >= 0.6 is 0 Å². The van der Waals surface area contributed by atoms with E-state index in [1.165, 1.54) is 38.6 Å². The lowest BCUT2D eigenvalue weighted by molar-refractivity contribution is 1.24. The lowest BCUT2D eigenvalue weighted by Crippen LogP contribution is -2.12. The Hall–Kier alpha value is -5.13. The summed E-state index contributed by atoms with van der Waals surface area (Å²) in [6.07, 6.45) is 0. The molecule has 1 aliphatic rings. The van der Waals surface area contributed by atoms with Gasteiger partial charge in [0.05, 0.1) is 11.3 Å². The third-order valence-corrected chi connectivity index (χ3v) is 7.59. The van der Waals surface area contributed by atoms with E-state index in [2.05, 4.69) is 115 Å². The maximum atomic E-state index is 9.94. The van der Waals surface area contributed by atoms with Gasteiger partial charge in [-0.15, -0.1) is 0 Å². The van der Waals surface area contributed by atoms with Gasteiger partial charge >= 0.3 is 0 Å². The van der Waals surface area contributed by atoms with Crippen LogP contribution in [0.25, 0.3) is 44.2 Å². The topological polar surface area (TPSA) is 27.0 Å². The number of para-hydroxylation sites is 2. The van der Waals surface area contributed by atoms with Gasteiger partial charge < -0.3 is 4.90 Å². The number of rotatable bonds is 4. The summed E-state index contributed by atoms with van der Waals surface area (Å²) in [5.74, 6) is 0. The van der Waals surface area contributed by atoms with E-state index >= 15 is 0 Å². The van der Waals surface area contributed by atoms with Gasteiger partial charge in [-0.25, -0.2) is 0 Å². The summed E-state index contributed by atoms with van der Waals surface area (Å²) in [5, 5.41) is 12.5. The zero-order chi connectivity index (χ0) is 25.6. The molecule has 0 saturated heterocycles. The minimum absolute atomic E-state index is 0.643. The maximum absolute atomic E-state index is 9.94. The van der Waals surface area contributed by atoms with Gasteiger partial charge in [0.15, 0.2) is 0 Å². The van der Waals surface area contributed by atoms with Crippen molar-refractivity contribution < 1.29 is 0 Å². The van der Waals surface area contributed by atoms with E-state index in [4.69, 9.17) is 0 Å². The van der Waals surface area contributed by atoms with Crippen LogP contribution in [0.4, 0.5) is 17.1 Å². The molecule has 0 saturated carbocycles. The number of aryl methyl sites for hydroxylation is 1. The Balaban J connectivity index is 1.44. The predicted molar refractivity (Wildman–Crippen MR) is 158 cm³/mol. The summed E-state index contributed by atoms with van der Waals surface area (Å²) >= 11 is 0. The highest BCUT2D eigenvalue weighted by molar-refractivity contribution is 6.18. The van der Waals surface area contributed by atoms with Crippen LogP contribution in [-0.4, -0.2) is 0 Å². The van der Waals surface area contributed by atoms with E-state index in [0.717, 1.165) is 28.2 Å². The molecule has 7 rings (SSSR count). The van der Waals surface area contributed by atoms with Crippen molar-refractivity contribution >= 4 is 27.8 Å². The van der Waals surface area contributed by atoms with Crippen LogP contribution in [-0.2, 0) is 0 Å². The fourth-order valence-corrected chi connectivity index (χ4v) is 5.86. The normalized spacial score (nSPS) is 11.3. The number of benzene rings is 6. The van der Waals surface area contributed by atoms with Crippen LogP contribution in [0.15, 0.2) is 127 Å². The lowest BCUT2D eigenvalue weighted by Gasteiger charge is -2.28. The van der Waals surface area contributed by atoms with E-state index < -0.39 is 0 Å². The Labute approximate surface area is 222 Å². The first-order chi connectivity index (χ1) is 18.7. The number of fused-ring (bicyclic) bond motifs is 3. The molecule has 0 heterocycles. The first kappa shape index (κ1) is 22.1. The highest BCUT2D eigenvalue weighted by Crippen LogP contribution is 2.49. The number of anilines is 3. The van der Waals surface area contributed by atoms with E-state index in [0.29, 0.717) is 5.56 Å². The van der Waals surface area contributed by atoms with Gasteiger partial charge in [0.25, 0.3) is 0 Å². The SMILES string of the molecule is Cc1ccccc1N(c1cccc(-c2ccc3c4c(cccc24)-c2ccccc2-3)c1)c1ccccc1C#N. The van der Waals surface area contributed by atoms with E-state index in [1.54, 1.807) is 0 Å². The molecule has 1 aliphatic carbocycles. The summed E-state index contributed by atoms with van der Waals surface area (Å²) in [5.41, 5.74) is 12.3. The highest BCUT2D eigenvalue weighted by atomic mass is 15.1. The van der Waals surface area contributed by atoms with Gasteiger partial charge in [0.2, 0.25) is 0 Å². The monoisotopic (exact) mass is 484 g/mol. The number of hydrogen-bond donors (Lipinski definition) is 0. The second-order valence-electron chi connectivity index (χ2n) is 9.74. The fraction of sp³-hybridized carbons (Fsp3) is 0.0278. The van der Waals surface area contributed by atoms with Crippen LogP contribution in [0.5, 0.6) is 0 Å². The molecular formula is C36H24N2. The van der Waals surface area contributed by atoms with E-state index in [1.807, 2.05) is 30.3 Å². The second kappa shape index (κ2) is 8.76. The Kier molecular flexibility index (Phi) is 5.10. The Morgan fingerprint density at radius 3 is 1.97 bits per heavy atom. The molecule has 0 aromatic heterocycles. The molecule has 0 atom stereocenters. The quantitative estimate of drug-likeness (QED) is 0.249. The summed E-state index contributed by atoms with van der Waals surface area (Å²) in [7, 11) is 0. The van der Waals surface area contributed by atoms with Crippen molar-refractivity contribution in [3.63, 3.8) is 0 Å². The average molecular weight is 485 g/mol. The molecule has 2 heteroatoms. The van der Waals surface area contributed by atoms with Gasteiger partial charge in [-0.1, -0.05) is 97.1 Å². The molecule has 6 aromatic carbocycles. The Morgan fingerprint density at radius 1 is 0.553 bits per heavy atom. The zero-order valence-corrected chi connectivity index (χ0v) is 21.0. The third-order valence-electron chi connectivity index (χ3n) is 7.59. The molecule has 0 aliphatic heterocycles. The number of hydrogen-bond acceptors (Lipinski definition) is 2. The van der Waals surface area contributed by atoms with Crippen molar-refractivity contribution in [2.75, 3.05) is 4.90 Å². The summed E-state index contributed by atoms with van der Waals surface area (Å²) in [6, 6.07) is 47.0. The molecule has 2 nitrogen and oxygen atoms in total. The molecule has 0 N–H and O–H groups in total. The molecule has 0 fully saturated rings. The van der Waals surface area contributed by atoms with Crippen molar-refractivity contribution in [1.29, 1.82) is 5.26 Å². The molecule has 0 radical (unpaired) electrons. The van der Waals surface area contributed by atoms with Gasteiger partial charge in [-0.3, -0.25) is 0 Å². The fourth-order valence-electron chi connectivity index (χ4n) is 5.86. The standard InChI is InChI=1S/C36H24N2/c1-24-10-2-6-18-34(24)38(35-19-7-3-11-26(35)23-37)27-13-8-12-25(22-27)28-20-21-33-30-15-5-4-14-29(30)32-17-9-16-31(28)36(32)33/h2-22H,1H3. The number of nitrogens with zero attached hydrogens (tertiary/aromatic N) is 2.